The van der Waals surface area contributed by atoms with Gasteiger partial charge in [0.25, 0.3) is 0 Å². The summed E-state index contributed by atoms with van der Waals surface area (Å²) in [4.78, 5) is 13.4. The van der Waals surface area contributed by atoms with Crippen LogP contribution in [0.5, 0.6) is 0 Å². The van der Waals surface area contributed by atoms with Gasteiger partial charge in [0.05, 0.1) is 12.7 Å². The van der Waals surface area contributed by atoms with E-state index in [0.29, 0.717) is 31.1 Å². The number of nitrogens with zero attached hydrogens (tertiary/aromatic N) is 1. The van der Waals surface area contributed by atoms with Gasteiger partial charge in [-0.3, -0.25) is 4.79 Å². The van der Waals surface area contributed by atoms with Crippen molar-refractivity contribution in [3.05, 3.63) is 47.5 Å². The molecule has 3 unspecified atom stereocenters. The summed E-state index contributed by atoms with van der Waals surface area (Å²) in [6.45, 7) is 9.90. The molecule has 0 amide bonds. The highest BCUT2D eigenvalue weighted by Crippen LogP contribution is 2.37. The lowest BCUT2D eigenvalue weighted by Crippen LogP contribution is -2.43. The number of carboxylic acid groups (broad SMARTS) is 1. The van der Waals surface area contributed by atoms with Crippen LogP contribution >= 0.6 is 0 Å². The highest BCUT2D eigenvalue weighted by atomic mass is 16.5. The predicted octanol–water partition coefficient (Wildman–Crippen LogP) is 6.34. The van der Waals surface area contributed by atoms with E-state index < -0.39 is 5.97 Å². The fraction of sp³-hybridized carbons (Fsp3) is 0.679. The fourth-order valence-corrected chi connectivity index (χ4v) is 5.33. The van der Waals surface area contributed by atoms with Crippen LogP contribution in [0.3, 0.4) is 0 Å². The maximum Gasteiger partial charge on any atom is 0.303 e. The minimum absolute atomic E-state index is 0.176. The first-order valence-corrected chi connectivity index (χ1v) is 12.7. The average Bonchev–Trinajstić information content (AvgIpc) is 3.17. The van der Waals surface area contributed by atoms with Gasteiger partial charge >= 0.3 is 5.97 Å². The summed E-state index contributed by atoms with van der Waals surface area (Å²) in [5.74, 6) is -0.161. The van der Waals surface area contributed by atoms with E-state index in [2.05, 4.69) is 56.0 Å². The van der Waals surface area contributed by atoms with Crippen LogP contribution < -0.4 is 0 Å². The summed E-state index contributed by atoms with van der Waals surface area (Å²) < 4.78 is 6.53. The third-order valence-corrected chi connectivity index (χ3v) is 7.22. The first kappa shape index (κ1) is 25.0. The second kappa shape index (κ2) is 12.0. The molecule has 0 radical (unpaired) electrons. The highest BCUT2D eigenvalue weighted by Gasteiger charge is 2.39. The molecule has 0 bridgehead atoms. The van der Waals surface area contributed by atoms with Crippen LogP contribution in [0.25, 0.3) is 0 Å². The van der Waals surface area contributed by atoms with Crippen LogP contribution in [0.2, 0.25) is 0 Å². The van der Waals surface area contributed by atoms with Gasteiger partial charge < -0.3 is 14.7 Å². The monoisotopic (exact) mass is 441 g/mol. The summed E-state index contributed by atoms with van der Waals surface area (Å²) in [5.41, 5.74) is 2.79. The number of rotatable bonds is 10. The van der Waals surface area contributed by atoms with E-state index in [1.54, 1.807) is 0 Å². The van der Waals surface area contributed by atoms with Gasteiger partial charge in [-0.15, -0.1) is 0 Å². The molecule has 1 N–H and O–H groups in total. The molecule has 1 aliphatic heterocycles. The van der Waals surface area contributed by atoms with Crippen molar-refractivity contribution < 1.29 is 14.6 Å². The third-order valence-electron chi connectivity index (χ3n) is 7.22. The standard InChI is InChI=1S/C28H43NO3/c1-28(2,3)23-15-13-22(14-16-23)21-32-26-18-17-25(29-19-9-6-10-20-29)24(26)11-7-4-5-8-12-27(30)31/h4-5,13-16,24-26H,6-12,17-21H2,1-3H3,(H,30,31)/b5-4+. The Morgan fingerprint density at radius 1 is 1.06 bits per heavy atom. The zero-order valence-corrected chi connectivity index (χ0v) is 20.4. The zero-order valence-electron chi connectivity index (χ0n) is 20.4. The van der Waals surface area contributed by atoms with Crippen molar-refractivity contribution >= 4 is 5.97 Å². The van der Waals surface area contributed by atoms with Crippen molar-refractivity contribution in [1.29, 1.82) is 0 Å². The molecule has 1 heterocycles. The third kappa shape index (κ3) is 7.45. The Labute approximate surface area is 195 Å². The molecule has 4 nitrogen and oxygen atoms in total. The predicted molar refractivity (Wildman–Crippen MR) is 131 cm³/mol. The van der Waals surface area contributed by atoms with Gasteiger partial charge in [-0.25, -0.2) is 0 Å². The molecule has 1 saturated carbocycles. The molecule has 32 heavy (non-hydrogen) atoms. The minimum Gasteiger partial charge on any atom is -0.481 e. The number of aliphatic carboxylic acids is 1. The first-order chi connectivity index (χ1) is 15.3. The van der Waals surface area contributed by atoms with Gasteiger partial charge in [0.15, 0.2) is 0 Å². The van der Waals surface area contributed by atoms with Gasteiger partial charge in [0, 0.05) is 18.4 Å². The van der Waals surface area contributed by atoms with E-state index in [1.807, 2.05) is 6.08 Å². The number of piperidine rings is 1. The number of ether oxygens (including phenoxy) is 1. The van der Waals surface area contributed by atoms with Gasteiger partial charge in [-0.1, -0.05) is 63.6 Å². The lowest BCUT2D eigenvalue weighted by molar-refractivity contribution is -0.136. The highest BCUT2D eigenvalue weighted by molar-refractivity contribution is 5.66. The molecule has 4 heteroatoms. The molecular formula is C28H43NO3. The quantitative estimate of drug-likeness (QED) is 0.431. The maximum atomic E-state index is 10.7. The summed E-state index contributed by atoms with van der Waals surface area (Å²) in [6, 6.07) is 9.55. The van der Waals surface area contributed by atoms with E-state index in [9.17, 15) is 4.79 Å². The van der Waals surface area contributed by atoms with Crippen molar-refractivity contribution in [1.82, 2.24) is 4.90 Å². The fourth-order valence-electron chi connectivity index (χ4n) is 5.33. The van der Waals surface area contributed by atoms with Crippen LogP contribution in [0, 0.1) is 5.92 Å². The largest absolute Gasteiger partial charge is 0.481 e. The number of allylic oxidation sites excluding steroid dienone is 2. The van der Waals surface area contributed by atoms with Gasteiger partial charge in [0.2, 0.25) is 0 Å². The molecule has 178 valence electrons. The Kier molecular flexibility index (Phi) is 9.36. The van der Waals surface area contributed by atoms with Gasteiger partial charge in [0.1, 0.15) is 0 Å². The van der Waals surface area contributed by atoms with Crippen molar-refractivity contribution in [2.45, 2.75) is 103 Å². The normalized spacial score (nSPS) is 24.9. The SMILES string of the molecule is CC(C)(C)c1ccc(COC2CCC(N3CCCCC3)C2CC/C=C/CCC(=O)O)cc1. The van der Waals surface area contributed by atoms with Crippen LogP contribution in [-0.4, -0.2) is 41.2 Å². The second-order valence-corrected chi connectivity index (χ2v) is 10.7. The first-order valence-electron chi connectivity index (χ1n) is 12.7. The molecule has 0 aromatic heterocycles. The lowest BCUT2D eigenvalue weighted by atomic mass is 9.87. The zero-order chi connectivity index (χ0) is 23.0. The van der Waals surface area contributed by atoms with E-state index in [0.717, 1.165) is 19.3 Å². The molecule has 1 aliphatic carbocycles. The van der Waals surface area contributed by atoms with Crippen LogP contribution in [0.4, 0.5) is 0 Å². The Bertz CT molecular complexity index is 728. The number of carbonyl (C=O) groups is 1. The van der Waals surface area contributed by atoms with Crippen LogP contribution in [0.1, 0.15) is 89.7 Å². The van der Waals surface area contributed by atoms with Crippen LogP contribution in [-0.2, 0) is 21.6 Å². The van der Waals surface area contributed by atoms with Crippen molar-refractivity contribution in [3.8, 4) is 0 Å². The number of carboxylic acids is 1. The van der Waals surface area contributed by atoms with E-state index in [4.69, 9.17) is 9.84 Å². The average molecular weight is 442 g/mol. The number of benzene rings is 1. The Balaban J connectivity index is 1.57. The Morgan fingerprint density at radius 2 is 1.75 bits per heavy atom. The molecular weight excluding hydrogens is 398 g/mol. The molecule has 1 aromatic rings. The Morgan fingerprint density at radius 3 is 2.41 bits per heavy atom. The molecule has 0 spiro atoms. The molecule has 1 saturated heterocycles. The molecule has 2 fully saturated rings. The van der Waals surface area contributed by atoms with Crippen molar-refractivity contribution in [3.63, 3.8) is 0 Å². The van der Waals surface area contributed by atoms with E-state index >= 15 is 0 Å². The second-order valence-electron chi connectivity index (χ2n) is 10.7. The smallest absolute Gasteiger partial charge is 0.303 e. The minimum atomic E-state index is -0.723. The summed E-state index contributed by atoms with van der Waals surface area (Å²) in [7, 11) is 0. The van der Waals surface area contributed by atoms with Crippen LogP contribution in [0.15, 0.2) is 36.4 Å². The van der Waals surface area contributed by atoms with E-state index in [-0.39, 0.29) is 11.8 Å². The topological polar surface area (TPSA) is 49.8 Å². The molecule has 3 atom stereocenters. The molecule has 1 aromatic carbocycles. The van der Waals surface area contributed by atoms with Gasteiger partial charge in [-0.2, -0.15) is 0 Å². The maximum absolute atomic E-state index is 10.7. The summed E-state index contributed by atoms with van der Waals surface area (Å²) in [6.07, 6.45) is 13.9. The van der Waals surface area contributed by atoms with Gasteiger partial charge in [-0.05, 0) is 74.6 Å². The number of hydrogen-bond donors (Lipinski definition) is 1. The molecule has 2 aliphatic rings. The van der Waals surface area contributed by atoms with Crippen molar-refractivity contribution in [2.24, 2.45) is 5.92 Å². The number of likely N-dealkylation sites (tertiary alicyclic amines) is 1. The van der Waals surface area contributed by atoms with E-state index in [1.165, 1.54) is 49.9 Å². The lowest BCUT2D eigenvalue weighted by Gasteiger charge is -2.37. The summed E-state index contributed by atoms with van der Waals surface area (Å²) in [5, 5.41) is 8.81. The Hall–Kier alpha value is -1.65. The number of hydrogen-bond acceptors (Lipinski definition) is 3. The molecule has 3 rings (SSSR count). The summed E-state index contributed by atoms with van der Waals surface area (Å²) >= 11 is 0. The van der Waals surface area contributed by atoms with Crippen molar-refractivity contribution in [2.75, 3.05) is 13.1 Å².